The standard InChI is InChI=1S/C21H22O4S/c1-3-24-18-9-6-5-8-15(18)16-12-14(19-10-7-11-26-19)13-17(22)20(16)21(23)25-4-2/h5-11,13,16,20H,3-4,12H2,1-2H3/t16-,20-/m0/s1. The van der Waals surface area contributed by atoms with Gasteiger partial charge < -0.3 is 9.47 Å². The number of carbonyl (C=O) groups excluding carboxylic acids is 2. The van der Waals surface area contributed by atoms with Gasteiger partial charge in [0.1, 0.15) is 11.7 Å². The van der Waals surface area contributed by atoms with Gasteiger partial charge >= 0.3 is 5.97 Å². The number of hydrogen-bond donors (Lipinski definition) is 0. The van der Waals surface area contributed by atoms with Gasteiger partial charge in [0.05, 0.1) is 13.2 Å². The molecule has 2 atom stereocenters. The summed E-state index contributed by atoms with van der Waals surface area (Å²) in [6, 6.07) is 11.6. The van der Waals surface area contributed by atoms with Gasteiger partial charge in [-0.2, -0.15) is 0 Å². The fourth-order valence-electron chi connectivity index (χ4n) is 3.38. The third-order valence-electron chi connectivity index (χ3n) is 4.46. The van der Waals surface area contributed by atoms with Crippen molar-refractivity contribution < 1.29 is 19.1 Å². The quantitative estimate of drug-likeness (QED) is 0.556. The van der Waals surface area contributed by atoms with Crippen LogP contribution in [0.2, 0.25) is 0 Å². The minimum absolute atomic E-state index is 0.200. The number of ketones is 1. The Morgan fingerprint density at radius 2 is 1.96 bits per heavy atom. The van der Waals surface area contributed by atoms with Crippen LogP contribution in [0.15, 0.2) is 47.9 Å². The summed E-state index contributed by atoms with van der Waals surface area (Å²) in [5.74, 6) is -1.08. The molecule has 0 amide bonds. The molecule has 136 valence electrons. The first kappa shape index (κ1) is 18.4. The first-order chi connectivity index (χ1) is 12.7. The second kappa shape index (κ2) is 8.32. The van der Waals surface area contributed by atoms with Gasteiger partial charge in [0.2, 0.25) is 0 Å². The number of hydrogen-bond acceptors (Lipinski definition) is 5. The highest BCUT2D eigenvalue weighted by molar-refractivity contribution is 7.11. The zero-order valence-corrected chi connectivity index (χ0v) is 15.8. The van der Waals surface area contributed by atoms with Crippen LogP contribution in [-0.2, 0) is 14.3 Å². The third-order valence-corrected chi connectivity index (χ3v) is 5.41. The van der Waals surface area contributed by atoms with Crippen LogP contribution in [0, 0.1) is 5.92 Å². The van der Waals surface area contributed by atoms with Crippen molar-refractivity contribution in [1.29, 1.82) is 0 Å². The molecule has 3 rings (SSSR count). The highest BCUT2D eigenvalue weighted by Gasteiger charge is 2.41. The van der Waals surface area contributed by atoms with E-state index in [0.717, 1.165) is 21.8 Å². The van der Waals surface area contributed by atoms with Crippen LogP contribution in [0.4, 0.5) is 0 Å². The van der Waals surface area contributed by atoms with Crippen molar-refractivity contribution in [3.63, 3.8) is 0 Å². The lowest BCUT2D eigenvalue weighted by Crippen LogP contribution is -2.34. The number of rotatable bonds is 6. The van der Waals surface area contributed by atoms with Gasteiger partial charge in [-0.3, -0.25) is 9.59 Å². The fraction of sp³-hybridized carbons (Fsp3) is 0.333. The number of ether oxygens (including phenoxy) is 2. The molecule has 0 radical (unpaired) electrons. The Morgan fingerprint density at radius 1 is 1.15 bits per heavy atom. The molecule has 0 unspecified atom stereocenters. The lowest BCUT2D eigenvalue weighted by Gasteiger charge is -2.30. The molecule has 1 aliphatic rings. The molecule has 1 aliphatic carbocycles. The molecule has 4 nitrogen and oxygen atoms in total. The average Bonchev–Trinajstić information content (AvgIpc) is 3.16. The van der Waals surface area contributed by atoms with E-state index in [-0.39, 0.29) is 18.3 Å². The molecule has 1 heterocycles. The Labute approximate surface area is 157 Å². The fourth-order valence-corrected chi connectivity index (χ4v) is 4.14. The van der Waals surface area contributed by atoms with Gasteiger partial charge in [0, 0.05) is 10.8 Å². The van der Waals surface area contributed by atoms with E-state index in [0.29, 0.717) is 13.0 Å². The van der Waals surface area contributed by atoms with Crippen molar-refractivity contribution in [2.45, 2.75) is 26.2 Å². The van der Waals surface area contributed by atoms with Gasteiger partial charge in [-0.1, -0.05) is 24.3 Å². The van der Waals surface area contributed by atoms with E-state index in [1.165, 1.54) is 0 Å². The molecule has 1 aromatic carbocycles. The molecule has 5 heteroatoms. The number of para-hydroxylation sites is 1. The van der Waals surface area contributed by atoms with Crippen molar-refractivity contribution in [1.82, 2.24) is 0 Å². The highest BCUT2D eigenvalue weighted by atomic mass is 32.1. The molecule has 26 heavy (non-hydrogen) atoms. The molecule has 0 spiro atoms. The van der Waals surface area contributed by atoms with E-state index < -0.39 is 11.9 Å². The Kier molecular flexibility index (Phi) is 5.89. The SMILES string of the molecule is CCOC(=O)[C@@H]1C(=O)C=C(c2cccs2)C[C@H]1c1ccccc1OCC. The van der Waals surface area contributed by atoms with E-state index in [4.69, 9.17) is 9.47 Å². The van der Waals surface area contributed by atoms with Gasteiger partial charge in [-0.25, -0.2) is 0 Å². The Balaban J connectivity index is 2.05. The van der Waals surface area contributed by atoms with Crippen LogP contribution < -0.4 is 4.74 Å². The summed E-state index contributed by atoms with van der Waals surface area (Å²) in [5.41, 5.74) is 1.84. The number of allylic oxidation sites excluding steroid dienone is 2. The van der Waals surface area contributed by atoms with E-state index in [1.54, 1.807) is 24.3 Å². The summed E-state index contributed by atoms with van der Waals surface area (Å²) < 4.78 is 11.0. The van der Waals surface area contributed by atoms with Gasteiger partial charge in [-0.15, -0.1) is 11.3 Å². The first-order valence-electron chi connectivity index (χ1n) is 8.82. The summed E-state index contributed by atoms with van der Waals surface area (Å²) in [6.45, 7) is 4.45. The second-order valence-corrected chi connectivity index (χ2v) is 7.01. The minimum atomic E-state index is -0.833. The van der Waals surface area contributed by atoms with Crippen molar-refractivity contribution >= 4 is 28.7 Å². The number of esters is 1. The Morgan fingerprint density at radius 3 is 2.65 bits per heavy atom. The Bertz CT molecular complexity index is 807. The molecule has 0 saturated carbocycles. The maximum absolute atomic E-state index is 12.9. The van der Waals surface area contributed by atoms with Crippen LogP contribution in [0.5, 0.6) is 5.75 Å². The van der Waals surface area contributed by atoms with Crippen LogP contribution in [0.25, 0.3) is 5.57 Å². The maximum atomic E-state index is 12.9. The minimum Gasteiger partial charge on any atom is -0.494 e. The average molecular weight is 370 g/mol. The second-order valence-electron chi connectivity index (χ2n) is 6.06. The van der Waals surface area contributed by atoms with E-state index in [2.05, 4.69) is 0 Å². The zero-order chi connectivity index (χ0) is 18.5. The van der Waals surface area contributed by atoms with Crippen molar-refractivity contribution in [3.05, 3.63) is 58.3 Å². The molecule has 1 aromatic heterocycles. The van der Waals surface area contributed by atoms with Gasteiger partial charge in [0.15, 0.2) is 5.78 Å². The molecule has 2 aromatic rings. The van der Waals surface area contributed by atoms with Crippen LogP contribution in [-0.4, -0.2) is 25.0 Å². The van der Waals surface area contributed by atoms with Gasteiger partial charge in [-0.05, 0) is 55.0 Å². The summed E-state index contributed by atoms with van der Waals surface area (Å²) in [4.78, 5) is 26.5. The molecule has 0 fully saturated rings. The third kappa shape index (κ3) is 3.73. The van der Waals surface area contributed by atoms with Crippen molar-refractivity contribution in [2.75, 3.05) is 13.2 Å². The van der Waals surface area contributed by atoms with E-state index in [9.17, 15) is 9.59 Å². The first-order valence-corrected chi connectivity index (χ1v) is 9.70. The van der Waals surface area contributed by atoms with Crippen LogP contribution >= 0.6 is 11.3 Å². The summed E-state index contributed by atoms with van der Waals surface area (Å²) in [5, 5.41) is 1.99. The largest absolute Gasteiger partial charge is 0.494 e. The lowest BCUT2D eigenvalue weighted by atomic mass is 9.74. The predicted molar refractivity (Wildman–Crippen MR) is 102 cm³/mol. The van der Waals surface area contributed by atoms with Gasteiger partial charge in [0.25, 0.3) is 0 Å². The molecule has 0 N–H and O–H groups in total. The summed E-state index contributed by atoms with van der Waals surface area (Å²) in [7, 11) is 0. The molecule has 0 saturated heterocycles. The highest BCUT2D eigenvalue weighted by Crippen LogP contribution is 2.44. The summed E-state index contributed by atoms with van der Waals surface area (Å²) in [6.07, 6.45) is 2.20. The van der Waals surface area contributed by atoms with Crippen molar-refractivity contribution in [2.24, 2.45) is 5.92 Å². The monoisotopic (exact) mass is 370 g/mol. The predicted octanol–water partition coefficient (Wildman–Crippen LogP) is 4.47. The van der Waals surface area contributed by atoms with Crippen LogP contribution in [0.3, 0.4) is 0 Å². The van der Waals surface area contributed by atoms with E-state index in [1.807, 2.05) is 48.7 Å². The Hall–Kier alpha value is -2.40. The summed E-state index contributed by atoms with van der Waals surface area (Å²) >= 11 is 1.60. The smallest absolute Gasteiger partial charge is 0.317 e. The molecule has 0 bridgehead atoms. The van der Waals surface area contributed by atoms with Crippen LogP contribution in [0.1, 0.15) is 36.6 Å². The number of benzene rings is 1. The molecule has 0 aliphatic heterocycles. The number of carbonyl (C=O) groups is 2. The van der Waals surface area contributed by atoms with E-state index >= 15 is 0 Å². The number of thiophene rings is 1. The maximum Gasteiger partial charge on any atom is 0.317 e. The molecular weight excluding hydrogens is 348 g/mol. The topological polar surface area (TPSA) is 52.6 Å². The lowest BCUT2D eigenvalue weighted by molar-refractivity contribution is -0.151. The normalized spacial score (nSPS) is 19.8. The zero-order valence-electron chi connectivity index (χ0n) is 14.9. The van der Waals surface area contributed by atoms with Crippen molar-refractivity contribution in [3.8, 4) is 5.75 Å². The molecular formula is C21H22O4S.